The van der Waals surface area contributed by atoms with Gasteiger partial charge in [-0.2, -0.15) is 0 Å². The quantitative estimate of drug-likeness (QED) is 0.0176. The van der Waals surface area contributed by atoms with Gasteiger partial charge in [-0.15, -0.1) is 23.5 Å². The Kier molecular flexibility index (Phi) is 17.3. The first-order valence-corrected chi connectivity index (χ1v) is 23.0. The van der Waals surface area contributed by atoms with E-state index in [9.17, 15) is 44.7 Å². The van der Waals surface area contributed by atoms with E-state index in [4.69, 9.17) is 19.7 Å². The predicted octanol–water partition coefficient (Wildman–Crippen LogP) is 8.03. The van der Waals surface area contributed by atoms with Crippen LogP contribution in [0, 0.1) is 27.7 Å². The van der Waals surface area contributed by atoms with Gasteiger partial charge < -0.3 is 55.9 Å². The summed E-state index contributed by atoms with van der Waals surface area (Å²) in [6.45, 7) is 9.40. The third kappa shape index (κ3) is 12.4. The molecule has 0 aliphatic heterocycles. The van der Waals surface area contributed by atoms with Crippen LogP contribution in [0.15, 0.2) is 52.3 Å². The lowest BCUT2D eigenvalue weighted by atomic mass is 9.88. The number of fused-ring (bicyclic) bond motifs is 5. The number of aliphatic carboxylic acids is 2. The van der Waals surface area contributed by atoms with Crippen molar-refractivity contribution >= 4 is 47.3 Å². The molecule has 2 atom stereocenters. The van der Waals surface area contributed by atoms with E-state index in [1.807, 2.05) is 58.0 Å². The Morgan fingerprint density at radius 2 is 1.11 bits per heavy atom. The first kappa shape index (κ1) is 49.1. The lowest BCUT2D eigenvalue weighted by molar-refractivity contribution is -0.137. The van der Waals surface area contributed by atoms with Crippen LogP contribution in [0.3, 0.4) is 0 Å². The number of carbonyl (C=O) groups excluding carboxylic acids is 2. The van der Waals surface area contributed by atoms with Gasteiger partial charge in [0, 0.05) is 35.7 Å². The second kappa shape index (κ2) is 22.6. The number of carboxylic acids is 2. The monoisotopic (exact) mass is 920 g/mol. The molecule has 4 aromatic carbocycles. The van der Waals surface area contributed by atoms with E-state index in [1.54, 1.807) is 0 Å². The van der Waals surface area contributed by atoms with Gasteiger partial charge in [-0.05, 0) is 101 Å². The minimum Gasteiger partial charge on any atom is -0.507 e. The largest absolute Gasteiger partial charge is 0.507 e. The van der Waals surface area contributed by atoms with Crippen LogP contribution in [0.5, 0.6) is 40.2 Å². The summed E-state index contributed by atoms with van der Waals surface area (Å²) in [6.07, 6.45) is 3.56. The molecule has 0 aromatic heterocycles. The molecule has 2 unspecified atom stereocenters. The first-order valence-electron chi connectivity index (χ1n) is 21.0. The highest BCUT2D eigenvalue weighted by Gasteiger charge is 2.44. The average Bonchev–Trinajstić information content (AvgIpc) is 3.87. The van der Waals surface area contributed by atoms with Gasteiger partial charge in [-0.25, -0.2) is 0 Å². The molecular weight excluding hydrogens is 865 g/mol. The molecule has 344 valence electrons. The molecule has 4 aromatic rings. The Morgan fingerprint density at radius 1 is 0.625 bits per heavy atom. The Hall–Kier alpha value is -5.94. The molecule has 1 saturated carbocycles. The van der Waals surface area contributed by atoms with Gasteiger partial charge in [0.05, 0.1) is 47.0 Å². The fraction of sp³-hybridized carbons (Fsp3) is 0.404. The Bertz CT molecular complexity index is 2370. The van der Waals surface area contributed by atoms with E-state index in [-0.39, 0.29) is 75.1 Å². The maximum absolute atomic E-state index is 13.1. The highest BCUT2D eigenvalue weighted by Crippen LogP contribution is 2.61. The van der Waals surface area contributed by atoms with Crippen molar-refractivity contribution in [2.24, 2.45) is 0 Å². The molecule has 64 heavy (non-hydrogen) atoms. The van der Waals surface area contributed by atoms with Gasteiger partial charge >= 0.3 is 11.9 Å². The second-order valence-corrected chi connectivity index (χ2v) is 18.1. The standard InChI is InChI=1S/C26H31NO6S.C21H25NO7S/c1-14-4-7-18(15(2)12-14)33-10-3-9-27-26(32)22-23(30)20-16-5-6-17(13-16)21(20)24(31)25(22)34-11-8-19(28)29;1-12-4-5-16(13(2)10-12)29-8-3-7-22-21(28)14-11-15(23)18(26)19(27)20(14)30-9-6-17(24)25/h4,7,12,16-17,30-31H,3,5-6,8-11,13H2,1-2H3,(H,27,32)(H,28,29);4-5,10-11,23,26-27H,3,6-9H2,1-2H3,(H,22,28)(H,24,25). The zero-order valence-corrected chi connectivity index (χ0v) is 37.9. The first-order chi connectivity index (χ1) is 30.5. The summed E-state index contributed by atoms with van der Waals surface area (Å²) < 4.78 is 11.5. The number of hydrogen-bond acceptors (Lipinski definition) is 13. The van der Waals surface area contributed by atoms with Crippen LogP contribution >= 0.6 is 23.5 Å². The topological polar surface area (TPSA) is 252 Å². The molecule has 1 fully saturated rings. The molecule has 15 nitrogen and oxygen atoms in total. The minimum atomic E-state index is -1.03. The normalized spacial score (nSPS) is 14.6. The van der Waals surface area contributed by atoms with Crippen LogP contribution in [0.25, 0.3) is 0 Å². The minimum absolute atomic E-state index is 0.00980. The van der Waals surface area contributed by atoms with Crippen molar-refractivity contribution in [3.63, 3.8) is 0 Å². The zero-order chi connectivity index (χ0) is 46.7. The summed E-state index contributed by atoms with van der Waals surface area (Å²) in [5.41, 5.74) is 5.83. The molecule has 0 spiro atoms. The molecule has 6 rings (SSSR count). The fourth-order valence-electron chi connectivity index (χ4n) is 7.86. The van der Waals surface area contributed by atoms with Crippen molar-refractivity contribution in [3.8, 4) is 40.2 Å². The van der Waals surface area contributed by atoms with Gasteiger partial charge in [0.15, 0.2) is 11.5 Å². The lowest BCUT2D eigenvalue weighted by Gasteiger charge is -2.23. The summed E-state index contributed by atoms with van der Waals surface area (Å²) in [4.78, 5) is 47.6. The van der Waals surface area contributed by atoms with E-state index in [0.717, 1.165) is 82.6 Å². The van der Waals surface area contributed by atoms with Crippen LogP contribution in [-0.4, -0.2) is 97.3 Å². The molecular formula is C47H56N2O13S2. The fourth-order valence-corrected chi connectivity index (χ4v) is 9.95. The molecule has 17 heteroatoms. The number of aromatic hydroxyl groups is 5. The molecule has 2 aliphatic rings. The van der Waals surface area contributed by atoms with E-state index in [0.29, 0.717) is 38.2 Å². The number of nitrogens with one attached hydrogen (secondary N) is 2. The van der Waals surface area contributed by atoms with E-state index in [2.05, 4.69) is 16.7 Å². The molecule has 0 radical (unpaired) electrons. The summed E-state index contributed by atoms with van der Waals surface area (Å²) in [6, 6.07) is 12.9. The third-order valence-corrected chi connectivity index (χ3v) is 13.1. The smallest absolute Gasteiger partial charge is 0.304 e. The van der Waals surface area contributed by atoms with Crippen LogP contribution in [0.2, 0.25) is 0 Å². The van der Waals surface area contributed by atoms with Gasteiger partial charge in [-0.1, -0.05) is 35.4 Å². The number of phenolic OH excluding ortho intramolecular Hbond substituents is 5. The van der Waals surface area contributed by atoms with Crippen molar-refractivity contribution in [2.45, 2.75) is 94.3 Å². The predicted molar refractivity (Wildman–Crippen MR) is 243 cm³/mol. The number of thioether (sulfide) groups is 2. The maximum Gasteiger partial charge on any atom is 0.304 e. The Labute approximate surface area is 380 Å². The number of rotatable bonds is 20. The second-order valence-electron chi connectivity index (χ2n) is 15.8. The lowest BCUT2D eigenvalue weighted by Crippen LogP contribution is -2.27. The van der Waals surface area contributed by atoms with Crippen molar-refractivity contribution in [2.75, 3.05) is 37.8 Å². The number of ether oxygens (including phenoxy) is 2. The summed E-state index contributed by atoms with van der Waals surface area (Å²) >= 11 is 2.01. The van der Waals surface area contributed by atoms with Crippen molar-refractivity contribution in [1.29, 1.82) is 0 Å². The number of hydrogen-bond donors (Lipinski definition) is 9. The molecule has 2 amide bonds. The van der Waals surface area contributed by atoms with Crippen LogP contribution < -0.4 is 20.1 Å². The van der Waals surface area contributed by atoms with Gasteiger partial charge in [0.2, 0.25) is 5.75 Å². The van der Waals surface area contributed by atoms with Crippen LogP contribution in [0.1, 0.15) is 111 Å². The van der Waals surface area contributed by atoms with Crippen molar-refractivity contribution in [3.05, 3.63) is 87.0 Å². The summed E-state index contributed by atoms with van der Waals surface area (Å²) in [7, 11) is 0. The highest BCUT2D eigenvalue weighted by atomic mass is 32.2. The number of benzene rings is 4. The number of amides is 2. The van der Waals surface area contributed by atoms with Crippen molar-refractivity contribution in [1.82, 2.24) is 10.6 Å². The molecule has 0 heterocycles. The highest BCUT2D eigenvalue weighted by molar-refractivity contribution is 7.99. The average molecular weight is 921 g/mol. The number of carboxylic acid groups (broad SMARTS) is 2. The summed E-state index contributed by atoms with van der Waals surface area (Å²) in [5, 5.41) is 74.9. The van der Waals surface area contributed by atoms with Crippen LogP contribution in [-0.2, 0) is 9.59 Å². The Balaban J connectivity index is 0.000000243. The number of carbonyl (C=O) groups is 4. The maximum atomic E-state index is 13.1. The molecule has 0 saturated heterocycles. The third-order valence-electron chi connectivity index (χ3n) is 10.9. The summed E-state index contributed by atoms with van der Waals surface area (Å²) in [5.74, 6) is -2.91. The zero-order valence-electron chi connectivity index (χ0n) is 36.3. The molecule has 2 aliphatic carbocycles. The number of aryl methyl sites for hydroxylation is 4. The van der Waals surface area contributed by atoms with Gasteiger partial charge in [0.1, 0.15) is 23.0 Å². The van der Waals surface area contributed by atoms with Crippen molar-refractivity contribution < 1.29 is 64.4 Å². The van der Waals surface area contributed by atoms with E-state index < -0.39 is 41.0 Å². The van der Waals surface area contributed by atoms with Gasteiger partial charge in [-0.3, -0.25) is 19.2 Å². The van der Waals surface area contributed by atoms with E-state index >= 15 is 0 Å². The SMILES string of the molecule is Cc1ccc(OCCCNC(=O)c2c(O)c3c(c(O)c2SCCC(=O)O)C2CCC3C2)c(C)c1.Cc1ccc(OCCCNC(=O)c2cc(O)c(O)c(O)c2SCCC(=O)O)c(C)c1. The molecule has 9 N–H and O–H groups in total. The van der Waals surface area contributed by atoms with Gasteiger partial charge in [0.25, 0.3) is 11.8 Å². The number of phenols is 5. The van der Waals surface area contributed by atoms with Crippen LogP contribution in [0.4, 0.5) is 0 Å². The molecule has 2 bridgehead atoms. The van der Waals surface area contributed by atoms with E-state index in [1.165, 1.54) is 5.56 Å². The Morgan fingerprint density at radius 3 is 1.61 bits per heavy atom.